The predicted molar refractivity (Wildman–Crippen MR) is 81.6 cm³/mol. The number of aryl methyl sites for hydroxylation is 1. The Morgan fingerprint density at radius 1 is 1.35 bits per heavy atom. The number of amides is 1. The second-order valence-corrected chi connectivity index (χ2v) is 5.36. The molecule has 104 valence electrons. The van der Waals surface area contributed by atoms with Crippen molar-refractivity contribution in [2.45, 2.75) is 13.5 Å². The van der Waals surface area contributed by atoms with Gasteiger partial charge in [0.2, 0.25) is 0 Å². The standard InChI is InChI=1S/C14H16N4OS/c1-9-7-11(13(15)18-16)20-12(9)14(19)17-8-10-5-3-2-4-6-10/h2-7H,8,16H2,1H3,(H2,15,18)(H,17,19). The van der Waals surface area contributed by atoms with E-state index in [0.29, 0.717) is 16.3 Å². The molecule has 0 saturated carbocycles. The fourth-order valence-electron chi connectivity index (χ4n) is 1.76. The summed E-state index contributed by atoms with van der Waals surface area (Å²) in [6.07, 6.45) is 0. The van der Waals surface area contributed by atoms with Crippen LogP contribution in [-0.4, -0.2) is 11.7 Å². The van der Waals surface area contributed by atoms with Crippen LogP contribution in [0.3, 0.4) is 0 Å². The summed E-state index contributed by atoms with van der Waals surface area (Å²) in [7, 11) is 0. The number of thiophene rings is 1. The van der Waals surface area contributed by atoms with E-state index in [1.54, 1.807) is 0 Å². The highest BCUT2D eigenvalue weighted by molar-refractivity contribution is 7.16. The summed E-state index contributed by atoms with van der Waals surface area (Å²) in [5.74, 6) is 5.26. The van der Waals surface area contributed by atoms with Gasteiger partial charge in [-0.05, 0) is 24.1 Å². The van der Waals surface area contributed by atoms with Crippen molar-refractivity contribution in [2.24, 2.45) is 16.7 Å². The fourth-order valence-corrected chi connectivity index (χ4v) is 2.75. The first-order chi connectivity index (χ1) is 9.61. The molecule has 0 atom stereocenters. The number of benzene rings is 1. The maximum atomic E-state index is 12.2. The molecule has 5 N–H and O–H groups in total. The number of hydrogen-bond donors (Lipinski definition) is 3. The van der Waals surface area contributed by atoms with Crippen molar-refractivity contribution in [3.8, 4) is 0 Å². The first-order valence-corrected chi connectivity index (χ1v) is 6.89. The summed E-state index contributed by atoms with van der Waals surface area (Å²) >= 11 is 1.29. The average Bonchev–Trinajstić information content (AvgIpc) is 2.87. The highest BCUT2D eigenvalue weighted by atomic mass is 32.1. The summed E-state index contributed by atoms with van der Waals surface area (Å²) in [5.41, 5.74) is 7.56. The summed E-state index contributed by atoms with van der Waals surface area (Å²) in [6.45, 7) is 2.36. The Bertz CT molecular complexity index is 634. The van der Waals surface area contributed by atoms with Crippen molar-refractivity contribution in [3.05, 3.63) is 57.3 Å². The average molecular weight is 288 g/mol. The Balaban J connectivity index is 2.08. The zero-order valence-corrected chi connectivity index (χ0v) is 11.9. The van der Waals surface area contributed by atoms with Crippen LogP contribution in [0.15, 0.2) is 41.5 Å². The molecule has 6 heteroatoms. The van der Waals surface area contributed by atoms with Crippen LogP contribution in [0.5, 0.6) is 0 Å². The van der Waals surface area contributed by atoms with Crippen LogP contribution in [0.25, 0.3) is 0 Å². The van der Waals surface area contributed by atoms with Crippen LogP contribution in [0.1, 0.15) is 25.7 Å². The van der Waals surface area contributed by atoms with Gasteiger partial charge in [0.15, 0.2) is 5.84 Å². The lowest BCUT2D eigenvalue weighted by Gasteiger charge is -2.04. The molecule has 0 radical (unpaired) electrons. The molecular formula is C14H16N4OS. The molecule has 1 amide bonds. The van der Waals surface area contributed by atoms with E-state index in [9.17, 15) is 4.79 Å². The van der Waals surface area contributed by atoms with E-state index < -0.39 is 0 Å². The lowest BCUT2D eigenvalue weighted by molar-refractivity contribution is 0.0954. The summed E-state index contributed by atoms with van der Waals surface area (Å²) in [4.78, 5) is 13.5. The van der Waals surface area contributed by atoms with E-state index in [2.05, 4.69) is 10.4 Å². The zero-order chi connectivity index (χ0) is 14.5. The molecule has 1 aromatic heterocycles. The minimum absolute atomic E-state index is 0.118. The van der Waals surface area contributed by atoms with Gasteiger partial charge < -0.3 is 16.9 Å². The van der Waals surface area contributed by atoms with Crippen LogP contribution in [0, 0.1) is 6.92 Å². The second-order valence-electron chi connectivity index (χ2n) is 4.31. The summed E-state index contributed by atoms with van der Waals surface area (Å²) < 4.78 is 0. The van der Waals surface area contributed by atoms with E-state index in [1.165, 1.54) is 11.3 Å². The SMILES string of the molecule is Cc1cc(C(N)=NN)sc1C(=O)NCc1ccccc1. The molecule has 20 heavy (non-hydrogen) atoms. The largest absolute Gasteiger partial charge is 0.381 e. The van der Waals surface area contributed by atoms with Gasteiger partial charge in [0.05, 0.1) is 9.75 Å². The summed E-state index contributed by atoms with van der Waals surface area (Å²) in [6, 6.07) is 11.6. The molecule has 0 aliphatic heterocycles. The van der Waals surface area contributed by atoms with Gasteiger partial charge in [0, 0.05) is 6.54 Å². The Hall–Kier alpha value is -2.34. The summed E-state index contributed by atoms with van der Waals surface area (Å²) in [5, 5.41) is 6.33. The van der Waals surface area contributed by atoms with Crippen LogP contribution >= 0.6 is 11.3 Å². The molecule has 2 rings (SSSR count). The topological polar surface area (TPSA) is 93.5 Å². The molecule has 1 aromatic carbocycles. The highest BCUT2D eigenvalue weighted by Gasteiger charge is 2.14. The lowest BCUT2D eigenvalue weighted by atomic mass is 10.2. The van der Waals surface area contributed by atoms with Gasteiger partial charge in [-0.2, -0.15) is 5.10 Å². The van der Waals surface area contributed by atoms with Crippen LogP contribution in [-0.2, 0) is 6.54 Å². The molecule has 0 saturated heterocycles. The number of carbonyl (C=O) groups excluding carboxylic acids is 1. The van der Waals surface area contributed by atoms with Crippen molar-refractivity contribution >= 4 is 23.1 Å². The van der Waals surface area contributed by atoms with Gasteiger partial charge in [-0.3, -0.25) is 4.79 Å². The number of amidine groups is 1. The van der Waals surface area contributed by atoms with Crippen molar-refractivity contribution in [3.63, 3.8) is 0 Å². The molecule has 0 aliphatic rings. The Kier molecular flexibility index (Phi) is 4.37. The van der Waals surface area contributed by atoms with Gasteiger partial charge in [0.1, 0.15) is 0 Å². The third-order valence-corrected chi connectivity index (χ3v) is 4.07. The zero-order valence-electron chi connectivity index (χ0n) is 11.1. The Morgan fingerprint density at radius 3 is 2.70 bits per heavy atom. The van der Waals surface area contributed by atoms with Crippen molar-refractivity contribution < 1.29 is 4.79 Å². The first-order valence-electron chi connectivity index (χ1n) is 6.08. The van der Waals surface area contributed by atoms with E-state index >= 15 is 0 Å². The van der Waals surface area contributed by atoms with Crippen LogP contribution in [0.4, 0.5) is 0 Å². The molecule has 1 heterocycles. The first kappa shape index (κ1) is 14.1. The van der Waals surface area contributed by atoms with Crippen molar-refractivity contribution in [1.82, 2.24) is 5.32 Å². The number of nitrogens with zero attached hydrogens (tertiary/aromatic N) is 1. The van der Waals surface area contributed by atoms with Gasteiger partial charge in [-0.1, -0.05) is 30.3 Å². The smallest absolute Gasteiger partial charge is 0.261 e. The van der Waals surface area contributed by atoms with Gasteiger partial charge in [0.25, 0.3) is 5.91 Å². The predicted octanol–water partition coefficient (Wildman–Crippen LogP) is 1.57. The number of hydrogen-bond acceptors (Lipinski definition) is 4. The second kappa shape index (κ2) is 6.21. The van der Waals surface area contributed by atoms with Crippen molar-refractivity contribution in [2.75, 3.05) is 0 Å². The molecule has 0 fully saturated rings. The highest BCUT2D eigenvalue weighted by Crippen LogP contribution is 2.21. The molecule has 0 spiro atoms. The molecule has 0 bridgehead atoms. The molecule has 2 aromatic rings. The minimum atomic E-state index is -0.118. The molecular weight excluding hydrogens is 272 g/mol. The number of carbonyl (C=O) groups is 1. The fraction of sp³-hybridized carbons (Fsp3) is 0.143. The molecule has 0 aliphatic carbocycles. The third-order valence-electron chi connectivity index (χ3n) is 2.81. The van der Waals surface area contributed by atoms with E-state index in [4.69, 9.17) is 11.6 Å². The lowest BCUT2D eigenvalue weighted by Crippen LogP contribution is -2.22. The van der Waals surface area contributed by atoms with E-state index in [1.807, 2.05) is 43.3 Å². The van der Waals surface area contributed by atoms with Gasteiger partial charge >= 0.3 is 0 Å². The maximum Gasteiger partial charge on any atom is 0.261 e. The number of nitrogens with two attached hydrogens (primary N) is 2. The van der Waals surface area contributed by atoms with Gasteiger partial charge in [-0.25, -0.2) is 0 Å². The van der Waals surface area contributed by atoms with E-state index in [0.717, 1.165) is 11.1 Å². The van der Waals surface area contributed by atoms with E-state index in [-0.39, 0.29) is 11.7 Å². The number of hydrazone groups is 1. The van der Waals surface area contributed by atoms with Gasteiger partial charge in [-0.15, -0.1) is 11.3 Å². The Morgan fingerprint density at radius 2 is 2.05 bits per heavy atom. The van der Waals surface area contributed by atoms with Crippen LogP contribution in [0.2, 0.25) is 0 Å². The van der Waals surface area contributed by atoms with Crippen LogP contribution < -0.4 is 16.9 Å². The maximum absolute atomic E-state index is 12.2. The normalized spacial score (nSPS) is 11.3. The van der Waals surface area contributed by atoms with Crippen molar-refractivity contribution in [1.29, 1.82) is 0 Å². The monoisotopic (exact) mass is 288 g/mol. The minimum Gasteiger partial charge on any atom is -0.381 e. The molecule has 0 unspecified atom stereocenters. The quantitative estimate of drug-likeness (QED) is 0.345. The Labute approximate surface area is 121 Å². The number of nitrogens with one attached hydrogen (secondary N) is 1. The third kappa shape index (κ3) is 3.16. The molecule has 5 nitrogen and oxygen atoms in total. The number of rotatable bonds is 4.